The van der Waals surface area contributed by atoms with Crippen molar-refractivity contribution in [1.82, 2.24) is 5.48 Å². The highest BCUT2D eigenvalue weighted by atomic mass is 16.6. The third-order valence-electron chi connectivity index (χ3n) is 0.718. The highest BCUT2D eigenvalue weighted by Gasteiger charge is 1.79. The molecule has 0 atom stereocenters. The largest absolute Gasteiger partial charge is 0.282 e. The monoisotopic (exact) mass is 102 g/mol. The Morgan fingerprint density at radius 1 is 1.57 bits per heavy atom. The van der Waals surface area contributed by atoms with Gasteiger partial charge in [0.05, 0.1) is 6.61 Å². The second-order valence-electron chi connectivity index (χ2n) is 1.37. The van der Waals surface area contributed by atoms with E-state index in [9.17, 15) is 0 Å². The molecule has 0 saturated carbocycles. The maximum absolute atomic E-state index is 4.70. The maximum Gasteiger partial charge on any atom is 0.0702 e. The van der Waals surface area contributed by atoms with E-state index in [2.05, 4.69) is 12.4 Å². The van der Waals surface area contributed by atoms with Crippen molar-refractivity contribution in [3.05, 3.63) is 0 Å². The quantitative estimate of drug-likeness (QED) is 0.383. The minimum Gasteiger partial charge on any atom is -0.282 e. The first kappa shape index (κ1) is 6.92. The summed E-state index contributed by atoms with van der Waals surface area (Å²) < 4.78 is 0. The number of rotatable bonds is 4. The molecule has 0 amide bonds. The second-order valence-corrected chi connectivity index (χ2v) is 1.37. The van der Waals surface area contributed by atoms with Crippen molar-refractivity contribution in [3.8, 4) is 0 Å². The van der Waals surface area contributed by atoms with Gasteiger partial charge < -0.3 is 0 Å². The zero-order valence-electron chi connectivity index (χ0n) is 4.98. The minimum atomic E-state index is 0.771. The lowest BCUT2D eigenvalue weighted by Crippen LogP contribution is -1.99. The Kier molecular flexibility index (Phi) is 5.85. The fraction of sp³-hybridized carbons (Fsp3) is 1.00. The van der Waals surface area contributed by atoms with Gasteiger partial charge in [-0.1, -0.05) is 13.3 Å². The Balaban J connectivity index is 2.45. The van der Waals surface area contributed by atoms with Crippen molar-refractivity contribution in [3.63, 3.8) is 0 Å². The first-order valence-corrected chi connectivity index (χ1v) is 2.63. The summed E-state index contributed by atoms with van der Waals surface area (Å²) in [6, 6.07) is 0. The number of unbranched alkanes of at least 4 members (excludes halogenated alkanes) is 1. The molecule has 0 bridgehead atoms. The van der Waals surface area contributed by atoms with Gasteiger partial charge in [0.2, 0.25) is 0 Å². The summed E-state index contributed by atoms with van der Waals surface area (Å²) in [5.41, 5.74) is 3.47. The Morgan fingerprint density at radius 3 is 2.71 bits per heavy atom. The molecule has 0 aromatic carbocycles. The fourth-order valence-corrected chi connectivity index (χ4v) is 0.300. The lowest BCUT2D eigenvalue weighted by atomic mass is 10.4. The molecule has 0 saturated heterocycles. The van der Waals surface area contributed by atoms with E-state index in [0.29, 0.717) is 0 Å². The van der Waals surface area contributed by atoms with Gasteiger partial charge in [-0.15, -0.1) is 5.48 Å². The molecule has 43 valence electrons. The van der Waals surface area contributed by atoms with E-state index >= 15 is 0 Å². The van der Waals surface area contributed by atoms with Gasteiger partial charge in [-0.05, 0) is 6.42 Å². The number of hydrogen-bond donors (Lipinski definition) is 0. The van der Waals surface area contributed by atoms with Gasteiger partial charge in [0.1, 0.15) is 0 Å². The number of hydrogen-bond acceptors (Lipinski definition) is 1. The van der Waals surface area contributed by atoms with Gasteiger partial charge >= 0.3 is 0 Å². The Labute approximate surface area is 44.8 Å². The van der Waals surface area contributed by atoms with Crippen LogP contribution in [0.3, 0.4) is 0 Å². The summed E-state index contributed by atoms with van der Waals surface area (Å²) in [7, 11) is 1.65. The summed E-state index contributed by atoms with van der Waals surface area (Å²) in [6.45, 7) is 2.89. The molecule has 0 rings (SSSR count). The molecular weight excluding hydrogens is 90.1 g/mol. The molecule has 7 heavy (non-hydrogen) atoms. The van der Waals surface area contributed by atoms with Crippen LogP contribution >= 0.6 is 0 Å². The van der Waals surface area contributed by atoms with Crippen molar-refractivity contribution in [2.75, 3.05) is 13.7 Å². The first-order chi connectivity index (χ1) is 3.41. The van der Waals surface area contributed by atoms with E-state index in [0.717, 1.165) is 13.0 Å². The van der Waals surface area contributed by atoms with Crippen LogP contribution in [0.5, 0.6) is 0 Å². The first-order valence-electron chi connectivity index (χ1n) is 2.63. The van der Waals surface area contributed by atoms with Crippen molar-refractivity contribution in [2.45, 2.75) is 19.8 Å². The van der Waals surface area contributed by atoms with E-state index in [4.69, 9.17) is 4.84 Å². The maximum atomic E-state index is 4.70. The summed E-state index contributed by atoms with van der Waals surface area (Å²) in [4.78, 5) is 4.70. The van der Waals surface area contributed by atoms with Crippen molar-refractivity contribution in [2.24, 2.45) is 0 Å². The molecule has 0 aliphatic heterocycles. The summed E-state index contributed by atoms with van der Waals surface area (Å²) in [5.74, 6) is 0. The smallest absolute Gasteiger partial charge is 0.0702 e. The van der Waals surface area contributed by atoms with Crippen LogP contribution in [-0.4, -0.2) is 13.7 Å². The van der Waals surface area contributed by atoms with E-state index < -0.39 is 0 Å². The van der Waals surface area contributed by atoms with Gasteiger partial charge in [-0.2, -0.15) is 0 Å². The standard InChI is InChI=1S/C5H12NO/c1-3-4-5-7-6-2/h3-5H2,1-2H3. The van der Waals surface area contributed by atoms with Crippen LogP contribution in [0.4, 0.5) is 0 Å². The molecule has 2 nitrogen and oxygen atoms in total. The van der Waals surface area contributed by atoms with Crippen LogP contribution in [0.25, 0.3) is 0 Å². The Morgan fingerprint density at radius 2 is 2.29 bits per heavy atom. The molecule has 0 aromatic heterocycles. The summed E-state index contributed by atoms with van der Waals surface area (Å²) in [5, 5.41) is 0. The van der Waals surface area contributed by atoms with E-state index in [-0.39, 0.29) is 0 Å². The average molecular weight is 102 g/mol. The van der Waals surface area contributed by atoms with Gasteiger partial charge in [0, 0.05) is 7.05 Å². The molecule has 0 N–H and O–H groups in total. The topological polar surface area (TPSA) is 23.3 Å². The van der Waals surface area contributed by atoms with Crippen molar-refractivity contribution < 1.29 is 4.84 Å². The average Bonchev–Trinajstić information content (AvgIpc) is 1.69. The summed E-state index contributed by atoms with van der Waals surface area (Å²) in [6.07, 6.45) is 2.28. The Bertz CT molecular complexity index is 27.3. The zero-order chi connectivity index (χ0) is 5.54. The van der Waals surface area contributed by atoms with E-state index in [1.807, 2.05) is 0 Å². The van der Waals surface area contributed by atoms with Crippen LogP contribution in [0.15, 0.2) is 0 Å². The SMILES string of the molecule is CCCCO[N]C. The molecule has 0 heterocycles. The highest BCUT2D eigenvalue weighted by Crippen LogP contribution is 1.83. The molecule has 0 fully saturated rings. The third-order valence-corrected chi connectivity index (χ3v) is 0.718. The zero-order valence-corrected chi connectivity index (χ0v) is 4.98. The van der Waals surface area contributed by atoms with Gasteiger partial charge in [0.15, 0.2) is 0 Å². The summed E-state index contributed by atoms with van der Waals surface area (Å²) >= 11 is 0. The molecule has 0 aliphatic carbocycles. The predicted molar refractivity (Wildman–Crippen MR) is 28.9 cm³/mol. The molecule has 1 radical (unpaired) electrons. The lowest BCUT2D eigenvalue weighted by Gasteiger charge is -1.93. The minimum absolute atomic E-state index is 0.771. The molecular formula is C5H12NO. The van der Waals surface area contributed by atoms with Crippen LogP contribution in [0.2, 0.25) is 0 Å². The molecule has 0 aliphatic rings. The van der Waals surface area contributed by atoms with E-state index in [1.165, 1.54) is 6.42 Å². The number of nitrogens with zero attached hydrogens (tertiary/aromatic N) is 1. The van der Waals surface area contributed by atoms with Crippen LogP contribution in [0.1, 0.15) is 19.8 Å². The van der Waals surface area contributed by atoms with Crippen LogP contribution in [-0.2, 0) is 4.84 Å². The predicted octanol–water partition coefficient (Wildman–Crippen LogP) is 0.952. The van der Waals surface area contributed by atoms with E-state index in [1.54, 1.807) is 7.05 Å². The highest BCUT2D eigenvalue weighted by molar-refractivity contribution is 4.26. The van der Waals surface area contributed by atoms with Gasteiger partial charge in [-0.3, -0.25) is 4.84 Å². The fourth-order valence-electron chi connectivity index (χ4n) is 0.300. The van der Waals surface area contributed by atoms with Crippen LogP contribution < -0.4 is 5.48 Å². The van der Waals surface area contributed by atoms with Gasteiger partial charge in [0.25, 0.3) is 0 Å². The van der Waals surface area contributed by atoms with Crippen LogP contribution in [0, 0.1) is 0 Å². The molecule has 0 spiro atoms. The number of hydroxylamine groups is 1. The molecule has 0 aromatic rings. The van der Waals surface area contributed by atoms with Gasteiger partial charge in [-0.25, -0.2) is 0 Å². The normalized spacial score (nSPS) is 9.43. The lowest BCUT2D eigenvalue weighted by molar-refractivity contribution is 0.0481. The molecule has 2 heteroatoms. The molecule has 0 unspecified atom stereocenters. The Hall–Kier alpha value is -0.0800. The second kappa shape index (κ2) is 5.92. The third kappa shape index (κ3) is 5.92. The van der Waals surface area contributed by atoms with Crippen molar-refractivity contribution in [1.29, 1.82) is 0 Å². The van der Waals surface area contributed by atoms with Crippen molar-refractivity contribution >= 4 is 0 Å².